The molecule has 1 fully saturated rings. The van der Waals surface area contributed by atoms with Crippen LogP contribution in [0.5, 0.6) is 0 Å². The summed E-state index contributed by atoms with van der Waals surface area (Å²) in [5.74, 6) is 0.744. The first-order valence-electron chi connectivity index (χ1n) is 4.96. The molecule has 1 aliphatic rings. The fourth-order valence-corrected chi connectivity index (χ4v) is 4.68. The van der Waals surface area contributed by atoms with E-state index >= 15 is 0 Å². The van der Waals surface area contributed by atoms with Gasteiger partial charge in [-0.2, -0.15) is 4.31 Å². The van der Waals surface area contributed by atoms with Crippen LogP contribution in [0.2, 0.25) is 5.02 Å². The number of rotatable bonds is 2. The summed E-state index contributed by atoms with van der Waals surface area (Å²) in [5.41, 5.74) is 0. The first-order valence-corrected chi connectivity index (χ1v) is 8.27. The Morgan fingerprint density at radius 3 is 2.59 bits per heavy atom. The summed E-state index contributed by atoms with van der Waals surface area (Å²) >= 11 is 5.85. The normalized spacial score (nSPS) is 19.4. The highest BCUT2D eigenvalue weighted by Gasteiger charge is 2.29. The lowest BCUT2D eigenvalue weighted by atomic mass is 10.5. The van der Waals surface area contributed by atoms with Gasteiger partial charge in [-0.05, 0) is 6.07 Å². The van der Waals surface area contributed by atoms with Gasteiger partial charge < -0.3 is 0 Å². The van der Waals surface area contributed by atoms with E-state index in [1.165, 1.54) is 22.8 Å². The van der Waals surface area contributed by atoms with Crippen LogP contribution in [0.1, 0.15) is 0 Å². The quantitative estimate of drug-likeness (QED) is 0.796. The van der Waals surface area contributed by atoms with Crippen molar-refractivity contribution in [2.24, 2.45) is 0 Å². The maximum atomic E-state index is 12.2. The topological polar surface area (TPSA) is 67.3 Å². The van der Waals surface area contributed by atoms with Crippen LogP contribution in [-0.4, -0.2) is 46.5 Å². The standard InChI is InChI=1S/C9H11ClN2O3S2/c10-8-1-2-11-7-9(8)17(14,15)12-3-5-16(13)6-4-12/h1-2,7H,3-6H2. The van der Waals surface area contributed by atoms with Gasteiger partial charge in [-0.25, -0.2) is 8.42 Å². The molecule has 0 spiro atoms. The fourth-order valence-electron chi connectivity index (χ4n) is 1.55. The van der Waals surface area contributed by atoms with Crippen molar-refractivity contribution < 1.29 is 12.6 Å². The Kier molecular flexibility index (Phi) is 3.82. The largest absolute Gasteiger partial charge is 0.263 e. The Hall–Kier alpha value is -0.500. The smallest absolute Gasteiger partial charge is 0.246 e. The predicted octanol–water partition coefficient (Wildman–Crippen LogP) is 0.488. The predicted molar refractivity (Wildman–Crippen MR) is 65.9 cm³/mol. The SMILES string of the molecule is O=S1CCN(S(=O)(=O)c2cnccc2Cl)CC1. The van der Waals surface area contributed by atoms with Crippen molar-refractivity contribution in [1.82, 2.24) is 9.29 Å². The van der Waals surface area contributed by atoms with Crippen LogP contribution in [0.15, 0.2) is 23.4 Å². The van der Waals surface area contributed by atoms with Gasteiger partial charge >= 0.3 is 0 Å². The van der Waals surface area contributed by atoms with E-state index in [9.17, 15) is 12.6 Å². The Morgan fingerprint density at radius 2 is 2.00 bits per heavy atom. The minimum atomic E-state index is -3.61. The van der Waals surface area contributed by atoms with Crippen molar-refractivity contribution in [3.8, 4) is 0 Å². The summed E-state index contributed by atoms with van der Waals surface area (Å²) in [4.78, 5) is 3.78. The molecule has 0 bridgehead atoms. The summed E-state index contributed by atoms with van der Waals surface area (Å²) in [6.07, 6.45) is 2.68. The molecular weight excluding hydrogens is 284 g/mol. The van der Waals surface area contributed by atoms with Crippen LogP contribution in [0, 0.1) is 0 Å². The van der Waals surface area contributed by atoms with Crippen LogP contribution in [0.25, 0.3) is 0 Å². The number of nitrogens with zero attached hydrogens (tertiary/aromatic N) is 2. The monoisotopic (exact) mass is 294 g/mol. The Bertz CT molecular complexity index is 537. The highest BCUT2D eigenvalue weighted by atomic mass is 35.5. The van der Waals surface area contributed by atoms with Crippen LogP contribution >= 0.6 is 11.6 Å². The molecule has 5 nitrogen and oxygen atoms in total. The van der Waals surface area contributed by atoms with Crippen LogP contribution < -0.4 is 0 Å². The molecule has 1 aliphatic heterocycles. The molecule has 8 heteroatoms. The maximum Gasteiger partial charge on any atom is 0.246 e. The molecule has 2 rings (SSSR count). The van der Waals surface area contributed by atoms with Gasteiger partial charge in [-0.3, -0.25) is 9.19 Å². The van der Waals surface area contributed by atoms with Crippen molar-refractivity contribution >= 4 is 32.4 Å². The number of hydrogen-bond donors (Lipinski definition) is 0. The molecule has 2 heterocycles. The molecular formula is C9H11ClN2O3S2. The zero-order valence-corrected chi connectivity index (χ0v) is 11.3. The summed E-state index contributed by atoms with van der Waals surface area (Å²) < 4.78 is 36.9. The summed E-state index contributed by atoms with van der Waals surface area (Å²) in [7, 11) is -4.52. The van der Waals surface area contributed by atoms with Gasteiger partial charge in [0.25, 0.3) is 0 Å². The molecule has 0 radical (unpaired) electrons. The van der Waals surface area contributed by atoms with Gasteiger partial charge in [0.1, 0.15) is 4.90 Å². The molecule has 0 aromatic carbocycles. The molecule has 1 aromatic heterocycles. The Morgan fingerprint density at radius 1 is 1.35 bits per heavy atom. The van der Waals surface area contributed by atoms with E-state index in [0.29, 0.717) is 11.5 Å². The van der Waals surface area contributed by atoms with E-state index in [1.807, 2.05) is 0 Å². The van der Waals surface area contributed by atoms with Gasteiger partial charge in [0.2, 0.25) is 10.0 Å². The van der Waals surface area contributed by atoms with Crippen LogP contribution in [0.4, 0.5) is 0 Å². The average Bonchev–Trinajstić information content (AvgIpc) is 2.30. The molecule has 94 valence electrons. The van der Waals surface area contributed by atoms with E-state index in [4.69, 9.17) is 11.6 Å². The molecule has 0 atom stereocenters. The lowest BCUT2D eigenvalue weighted by Crippen LogP contribution is -2.41. The summed E-state index contributed by atoms with van der Waals surface area (Å²) in [6.45, 7) is 0.528. The zero-order valence-electron chi connectivity index (χ0n) is 8.87. The third-order valence-corrected chi connectivity index (χ3v) is 6.13. The van der Waals surface area contributed by atoms with Crippen molar-refractivity contribution in [1.29, 1.82) is 0 Å². The van der Waals surface area contributed by atoms with E-state index in [-0.39, 0.29) is 23.0 Å². The highest BCUT2D eigenvalue weighted by Crippen LogP contribution is 2.23. The number of hydrogen-bond acceptors (Lipinski definition) is 4. The minimum Gasteiger partial charge on any atom is -0.263 e. The molecule has 0 aliphatic carbocycles. The molecule has 0 saturated carbocycles. The summed E-state index contributed by atoms with van der Waals surface area (Å²) in [5, 5.41) is 0.159. The number of pyridine rings is 1. The van der Waals surface area contributed by atoms with E-state index in [0.717, 1.165) is 0 Å². The maximum absolute atomic E-state index is 12.2. The van der Waals surface area contributed by atoms with Gasteiger partial charge in [0.05, 0.1) is 5.02 Å². The number of halogens is 1. The first-order chi connectivity index (χ1) is 8.01. The van der Waals surface area contributed by atoms with Gasteiger partial charge in [-0.1, -0.05) is 11.6 Å². The average molecular weight is 295 g/mol. The third-order valence-electron chi connectivity index (χ3n) is 2.49. The van der Waals surface area contributed by atoms with E-state index in [2.05, 4.69) is 4.98 Å². The van der Waals surface area contributed by atoms with Gasteiger partial charge in [-0.15, -0.1) is 0 Å². The molecule has 1 aromatic rings. The fraction of sp³-hybridized carbons (Fsp3) is 0.444. The molecule has 0 N–H and O–H groups in total. The second-order valence-electron chi connectivity index (χ2n) is 3.56. The Labute approximate surface area is 107 Å². The minimum absolute atomic E-state index is 0.00866. The number of aromatic nitrogens is 1. The highest BCUT2D eigenvalue weighted by molar-refractivity contribution is 7.89. The molecule has 0 amide bonds. The van der Waals surface area contributed by atoms with E-state index < -0.39 is 20.8 Å². The molecule has 0 unspecified atom stereocenters. The zero-order chi connectivity index (χ0) is 12.5. The first kappa shape index (κ1) is 12.9. The van der Waals surface area contributed by atoms with Crippen molar-refractivity contribution in [2.45, 2.75) is 4.90 Å². The third kappa shape index (κ3) is 2.67. The Balaban J connectivity index is 2.31. The second-order valence-corrected chi connectivity index (χ2v) is 7.57. The lowest BCUT2D eigenvalue weighted by molar-refractivity contribution is 0.438. The van der Waals surface area contributed by atoms with Crippen molar-refractivity contribution in [2.75, 3.05) is 24.6 Å². The van der Waals surface area contributed by atoms with Crippen LogP contribution in [-0.2, 0) is 20.8 Å². The second kappa shape index (κ2) is 5.01. The van der Waals surface area contributed by atoms with Crippen molar-refractivity contribution in [3.63, 3.8) is 0 Å². The summed E-state index contributed by atoms with van der Waals surface area (Å²) in [6, 6.07) is 1.44. The van der Waals surface area contributed by atoms with Crippen LogP contribution in [0.3, 0.4) is 0 Å². The lowest BCUT2D eigenvalue weighted by Gasteiger charge is -2.25. The van der Waals surface area contributed by atoms with Crippen molar-refractivity contribution in [3.05, 3.63) is 23.5 Å². The van der Waals surface area contributed by atoms with Gasteiger partial charge in [0, 0.05) is 47.8 Å². The molecule has 17 heavy (non-hydrogen) atoms. The number of sulfonamides is 1. The van der Waals surface area contributed by atoms with E-state index in [1.54, 1.807) is 0 Å². The van der Waals surface area contributed by atoms with Gasteiger partial charge in [0.15, 0.2) is 0 Å². The molecule has 1 saturated heterocycles.